The smallest absolute Gasteiger partial charge is 0.247 e. The summed E-state index contributed by atoms with van der Waals surface area (Å²) in [6, 6.07) is 21.4. The third-order valence-electron chi connectivity index (χ3n) is 6.29. The molecule has 4 aromatic rings. The van der Waals surface area contributed by atoms with Crippen molar-refractivity contribution < 1.29 is 19.1 Å². The lowest BCUT2D eigenvalue weighted by Gasteiger charge is -2.26. The second-order valence-corrected chi connectivity index (χ2v) is 9.65. The van der Waals surface area contributed by atoms with Crippen LogP contribution in [0.3, 0.4) is 0 Å². The first-order valence-corrected chi connectivity index (χ1v) is 13.3. The first-order chi connectivity index (χ1) is 20.3. The largest absolute Gasteiger partial charge is 0.494 e. The number of ketones is 1. The fourth-order valence-corrected chi connectivity index (χ4v) is 4.02. The minimum atomic E-state index is -0.350. The highest BCUT2D eigenvalue weighted by Crippen LogP contribution is 2.38. The van der Waals surface area contributed by atoms with Gasteiger partial charge < -0.3 is 29.9 Å². The molecule has 0 radical (unpaired) electrons. The van der Waals surface area contributed by atoms with E-state index in [1.165, 1.54) is 12.3 Å². The molecule has 0 atom stereocenters. The second kappa shape index (κ2) is 13.9. The van der Waals surface area contributed by atoms with Crippen molar-refractivity contribution in [3.05, 3.63) is 103 Å². The Labute approximate surface area is 245 Å². The predicted octanol–water partition coefficient (Wildman–Crippen LogP) is 5.37. The second-order valence-electron chi connectivity index (χ2n) is 9.65. The fraction of sp³-hybridized carbons (Fsp3) is 0.188. The maximum atomic E-state index is 13.2. The number of benzene rings is 3. The maximum absolute atomic E-state index is 13.2. The molecular formula is C32H34N6O4. The lowest BCUT2D eigenvalue weighted by molar-refractivity contribution is -0.111. The summed E-state index contributed by atoms with van der Waals surface area (Å²) in [5.74, 6) is 1.41. The number of anilines is 4. The predicted molar refractivity (Wildman–Crippen MR) is 165 cm³/mol. The van der Waals surface area contributed by atoms with Crippen LogP contribution in [0.25, 0.3) is 0 Å². The molecule has 2 N–H and O–H groups in total. The van der Waals surface area contributed by atoms with Crippen molar-refractivity contribution in [3.63, 3.8) is 0 Å². The molecule has 10 nitrogen and oxygen atoms in total. The monoisotopic (exact) mass is 566 g/mol. The number of ether oxygens (including phenoxy) is 2. The van der Waals surface area contributed by atoms with Gasteiger partial charge in [-0.05, 0) is 68.7 Å². The Kier molecular flexibility index (Phi) is 9.85. The number of nitrogens with one attached hydrogen (secondary N) is 2. The summed E-state index contributed by atoms with van der Waals surface area (Å²) in [6.07, 6.45) is 2.71. The number of nitrogens with zero attached hydrogens (tertiary/aromatic N) is 4. The molecule has 1 heterocycles. The van der Waals surface area contributed by atoms with Crippen molar-refractivity contribution in [3.8, 4) is 17.2 Å². The topological polar surface area (TPSA) is 109 Å². The van der Waals surface area contributed by atoms with Crippen LogP contribution in [0.1, 0.15) is 16.1 Å². The van der Waals surface area contributed by atoms with Crippen LogP contribution in [0, 0.1) is 0 Å². The van der Waals surface area contributed by atoms with Gasteiger partial charge in [-0.1, -0.05) is 24.8 Å². The van der Waals surface area contributed by atoms with Crippen LogP contribution in [0.15, 0.2) is 91.6 Å². The Hall–Kier alpha value is -5.22. The quantitative estimate of drug-likeness (QED) is 0.163. The Balaban J connectivity index is 1.57. The maximum Gasteiger partial charge on any atom is 0.247 e. The third-order valence-corrected chi connectivity index (χ3v) is 6.29. The van der Waals surface area contributed by atoms with Crippen LogP contribution in [0.2, 0.25) is 0 Å². The molecule has 0 bridgehead atoms. The van der Waals surface area contributed by atoms with E-state index >= 15 is 0 Å². The molecule has 0 spiro atoms. The van der Waals surface area contributed by atoms with Gasteiger partial charge in [0.25, 0.3) is 0 Å². The SMILES string of the molecule is C=CC(=O)Nc1cc(Nc2nccc(C(=O)c3ccc(Oc4ccccc4)cc3)n2)c(OC)cc1N(C)CCN(C)C. The number of aromatic nitrogens is 2. The highest BCUT2D eigenvalue weighted by atomic mass is 16.5. The molecule has 10 heteroatoms. The summed E-state index contributed by atoms with van der Waals surface area (Å²) >= 11 is 0. The molecular weight excluding hydrogens is 532 g/mol. The van der Waals surface area contributed by atoms with E-state index in [-0.39, 0.29) is 23.3 Å². The van der Waals surface area contributed by atoms with E-state index in [1.807, 2.05) is 62.4 Å². The standard InChI is InChI=1S/C32H34N6O4/c1-6-30(39)34-26-20-27(29(41-5)21-28(26)38(4)19-18-37(2)3)36-32-33-17-16-25(35-32)31(40)22-12-14-24(15-13-22)42-23-10-8-7-9-11-23/h6-17,20-21H,1,18-19H2,2-5H3,(H,34,39)(H,33,35,36). The Morgan fingerprint density at radius 3 is 2.31 bits per heavy atom. The number of rotatable bonds is 13. The van der Waals surface area contributed by atoms with Gasteiger partial charge in [-0.15, -0.1) is 0 Å². The molecule has 0 saturated heterocycles. The first-order valence-electron chi connectivity index (χ1n) is 13.3. The number of likely N-dealkylation sites (N-methyl/N-ethyl adjacent to an activating group) is 2. The summed E-state index contributed by atoms with van der Waals surface area (Å²) in [5, 5.41) is 6.00. The first kappa shape index (κ1) is 29.8. The lowest BCUT2D eigenvalue weighted by atomic mass is 10.1. The summed E-state index contributed by atoms with van der Waals surface area (Å²) < 4.78 is 11.5. The molecule has 0 saturated carbocycles. The van der Waals surface area contributed by atoms with Crippen molar-refractivity contribution in [2.75, 3.05) is 56.9 Å². The van der Waals surface area contributed by atoms with Crippen LogP contribution in [0.4, 0.5) is 23.0 Å². The van der Waals surface area contributed by atoms with E-state index in [9.17, 15) is 9.59 Å². The molecule has 0 unspecified atom stereocenters. The van der Waals surface area contributed by atoms with Gasteiger partial charge in [0.2, 0.25) is 17.6 Å². The van der Waals surface area contributed by atoms with E-state index < -0.39 is 0 Å². The number of carbonyl (C=O) groups is 2. The highest BCUT2D eigenvalue weighted by Gasteiger charge is 2.18. The zero-order valence-electron chi connectivity index (χ0n) is 24.1. The number of hydrogen-bond acceptors (Lipinski definition) is 9. The van der Waals surface area contributed by atoms with Gasteiger partial charge in [0.15, 0.2) is 0 Å². The summed E-state index contributed by atoms with van der Waals surface area (Å²) in [4.78, 5) is 38.3. The van der Waals surface area contributed by atoms with Gasteiger partial charge in [-0.2, -0.15) is 0 Å². The molecule has 0 aliphatic rings. The molecule has 3 aromatic carbocycles. The van der Waals surface area contributed by atoms with Crippen molar-refractivity contribution in [1.82, 2.24) is 14.9 Å². The minimum Gasteiger partial charge on any atom is -0.494 e. The van der Waals surface area contributed by atoms with E-state index in [0.717, 1.165) is 12.2 Å². The van der Waals surface area contributed by atoms with Crippen LogP contribution in [-0.2, 0) is 4.79 Å². The average Bonchev–Trinajstić information content (AvgIpc) is 3.00. The van der Waals surface area contributed by atoms with Gasteiger partial charge in [0.05, 0.1) is 24.2 Å². The molecule has 1 aromatic heterocycles. The van der Waals surface area contributed by atoms with Crippen molar-refractivity contribution in [2.45, 2.75) is 0 Å². The van der Waals surface area contributed by atoms with Gasteiger partial charge in [0.1, 0.15) is 22.9 Å². The summed E-state index contributed by atoms with van der Waals surface area (Å²) in [6.45, 7) is 5.08. The highest BCUT2D eigenvalue weighted by molar-refractivity contribution is 6.08. The van der Waals surface area contributed by atoms with Gasteiger partial charge in [-0.3, -0.25) is 9.59 Å². The molecule has 0 aliphatic heterocycles. The zero-order valence-corrected chi connectivity index (χ0v) is 24.1. The van der Waals surface area contributed by atoms with Gasteiger partial charge in [0, 0.05) is 38.0 Å². The molecule has 0 fully saturated rings. The van der Waals surface area contributed by atoms with Crippen molar-refractivity contribution >= 4 is 34.7 Å². The van der Waals surface area contributed by atoms with Crippen LogP contribution < -0.4 is 25.0 Å². The Morgan fingerprint density at radius 2 is 1.64 bits per heavy atom. The molecule has 42 heavy (non-hydrogen) atoms. The Bertz CT molecular complexity index is 1540. The number of methoxy groups -OCH3 is 1. The van der Waals surface area contributed by atoms with Crippen molar-refractivity contribution in [2.24, 2.45) is 0 Å². The fourth-order valence-electron chi connectivity index (χ4n) is 4.02. The normalized spacial score (nSPS) is 10.6. The number of hydrogen-bond donors (Lipinski definition) is 2. The van der Waals surface area contributed by atoms with Crippen LogP contribution in [0.5, 0.6) is 17.2 Å². The van der Waals surface area contributed by atoms with Crippen molar-refractivity contribution in [1.29, 1.82) is 0 Å². The van der Waals surface area contributed by atoms with E-state index in [1.54, 1.807) is 43.5 Å². The molecule has 4 rings (SSSR count). The van der Waals surface area contributed by atoms with Gasteiger partial charge in [-0.25, -0.2) is 9.97 Å². The number of amides is 1. The van der Waals surface area contributed by atoms with Crippen LogP contribution in [-0.4, -0.2) is 67.9 Å². The minimum absolute atomic E-state index is 0.192. The molecule has 0 aliphatic carbocycles. The Morgan fingerprint density at radius 1 is 0.929 bits per heavy atom. The van der Waals surface area contributed by atoms with Gasteiger partial charge >= 0.3 is 0 Å². The lowest BCUT2D eigenvalue weighted by Crippen LogP contribution is -2.29. The third kappa shape index (κ3) is 7.70. The summed E-state index contributed by atoms with van der Waals surface area (Å²) in [5.41, 5.74) is 2.49. The zero-order chi connectivity index (χ0) is 30.1. The van der Waals surface area contributed by atoms with E-state index in [0.29, 0.717) is 40.7 Å². The number of carbonyl (C=O) groups excluding carboxylic acids is 2. The summed E-state index contributed by atoms with van der Waals surface area (Å²) in [7, 11) is 7.48. The molecule has 1 amide bonds. The number of para-hydroxylation sites is 1. The average molecular weight is 567 g/mol. The van der Waals surface area contributed by atoms with E-state index in [4.69, 9.17) is 9.47 Å². The molecule has 216 valence electrons. The van der Waals surface area contributed by atoms with E-state index in [2.05, 4.69) is 32.1 Å². The van der Waals surface area contributed by atoms with Crippen LogP contribution >= 0.6 is 0 Å².